The van der Waals surface area contributed by atoms with Crippen LogP contribution in [0.5, 0.6) is 5.75 Å². The summed E-state index contributed by atoms with van der Waals surface area (Å²) in [7, 11) is 1.57. The summed E-state index contributed by atoms with van der Waals surface area (Å²) in [6.07, 6.45) is 1.49. The zero-order valence-electron chi connectivity index (χ0n) is 10.9. The third-order valence-electron chi connectivity index (χ3n) is 2.61. The second kappa shape index (κ2) is 7.45. The molecule has 0 heterocycles. The molecule has 0 aliphatic rings. The molecule has 0 aliphatic heterocycles. The van der Waals surface area contributed by atoms with Crippen LogP contribution in [0.4, 0.5) is 5.69 Å². The topological polar surface area (TPSA) is 64.3 Å². The number of amides is 1. The molecule has 0 spiro atoms. The number of carbonyl (C=O) groups is 1. The first-order chi connectivity index (χ1) is 8.97. The monoisotopic (exact) mass is 344 g/mol. The van der Waals surface area contributed by atoms with Gasteiger partial charge in [0.2, 0.25) is 5.91 Å². The Morgan fingerprint density at radius 1 is 1.53 bits per heavy atom. The van der Waals surface area contributed by atoms with E-state index >= 15 is 0 Å². The molecule has 0 fully saturated rings. The van der Waals surface area contributed by atoms with Crippen LogP contribution in [0.15, 0.2) is 22.7 Å². The van der Waals surface area contributed by atoms with Gasteiger partial charge in [-0.25, -0.2) is 0 Å². The lowest BCUT2D eigenvalue weighted by Gasteiger charge is -2.15. The van der Waals surface area contributed by atoms with Gasteiger partial charge in [-0.2, -0.15) is 0 Å². The standard InChI is InChI=1S/C13H17BrN2O2S/c1-3-4-11(12(15)19)13(17)16-9-5-8(14)6-10(7-9)18-2/h5-7,11H,3-4H2,1-2H3,(H2,15,19)(H,16,17). The van der Waals surface area contributed by atoms with Crippen molar-refractivity contribution in [3.8, 4) is 5.75 Å². The Hall–Kier alpha value is -1.14. The molecule has 1 atom stereocenters. The molecular formula is C13H17BrN2O2S. The van der Waals surface area contributed by atoms with E-state index < -0.39 is 5.92 Å². The summed E-state index contributed by atoms with van der Waals surface area (Å²) in [4.78, 5) is 12.3. The third kappa shape index (κ3) is 4.80. The molecule has 6 heteroatoms. The van der Waals surface area contributed by atoms with Crippen LogP contribution in [0.25, 0.3) is 0 Å². The minimum atomic E-state index is -0.440. The zero-order valence-corrected chi connectivity index (χ0v) is 13.3. The lowest BCUT2D eigenvalue weighted by Crippen LogP contribution is -2.33. The molecule has 0 radical (unpaired) electrons. The highest BCUT2D eigenvalue weighted by molar-refractivity contribution is 9.10. The molecule has 0 aliphatic carbocycles. The van der Waals surface area contributed by atoms with Crippen molar-refractivity contribution < 1.29 is 9.53 Å². The van der Waals surface area contributed by atoms with Crippen molar-refractivity contribution in [1.29, 1.82) is 0 Å². The minimum Gasteiger partial charge on any atom is -0.497 e. The molecule has 0 aromatic heterocycles. The van der Waals surface area contributed by atoms with Crippen molar-refractivity contribution in [3.63, 3.8) is 0 Å². The number of thiocarbonyl (C=S) groups is 1. The normalized spacial score (nSPS) is 11.7. The molecule has 1 amide bonds. The van der Waals surface area contributed by atoms with E-state index in [0.717, 1.165) is 10.9 Å². The zero-order chi connectivity index (χ0) is 14.4. The second-order valence-corrected chi connectivity index (χ2v) is 5.50. The van der Waals surface area contributed by atoms with Crippen molar-refractivity contribution in [3.05, 3.63) is 22.7 Å². The van der Waals surface area contributed by atoms with Crippen molar-refractivity contribution in [1.82, 2.24) is 0 Å². The summed E-state index contributed by atoms with van der Waals surface area (Å²) in [5.41, 5.74) is 6.25. The van der Waals surface area contributed by atoms with Crippen LogP contribution in [0.1, 0.15) is 19.8 Å². The first kappa shape index (κ1) is 15.9. The van der Waals surface area contributed by atoms with Crippen LogP contribution in [0.2, 0.25) is 0 Å². The van der Waals surface area contributed by atoms with E-state index in [9.17, 15) is 4.79 Å². The quantitative estimate of drug-likeness (QED) is 0.778. The van der Waals surface area contributed by atoms with Gasteiger partial charge in [0.25, 0.3) is 0 Å². The van der Waals surface area contributed by atoms with Gasteiger partial charge in [0.15, 0.2) is 0 Å². The van der Waals surface area contributed by atoms with Gasteiger partial charge in [0.1, 0.15) is 5.75 Å². The fraction of sp³-hybridized carbons (Fsp3) is 0.385. The van der Waals surface area contributed by atoms with E-state index in [-0.39, 0.29) is 10.9 Å². The fourth-order valence-electron chi connectivity index (χ4n) is 1.67. The van der Waals surface area contributed by atoms with Crippen LogP contribution in [-0.2, 0) is 4.79 Å². The maximum Gasteiger partial charge on any atom is 0.234 e. The Morgan fingerprint density at radius 3 is 2.74 bits per heavy atom. The van der Waals surface area contributed by atoms with Gasteiger partial charge in [-0.15, -0.1) is 0 Å². The highest BCUT2D eigenvalue weighted by Gasteiger charge is 2.20. The minimum absolute atomic E-state index is 0.186. The SMILES string of the molecule is CCCC(C(=O)Nc1cc(Br)cc(OC)c1)C(N)=S. The van der Waals surface area contributed by atoms with Crippen molar-refractivity contribution in [2.24, 2.45) is 11.7 Å². The van der Waals surface area contributed by atoms with Gasteiger partial charge in [-0.3, -0.25) is 4.79 Å². The largest absolute Gasteiger partial charge is 0.497 e. The summed E-state index contributed by atoms with van der Waals surface area (Å²) in [5, 5.41) is 2.81. The fourth-order valence-corrected chi connectivity index (χ4v) is 2.37. The maximum atomic E-state index is 12.1. The van der Waals surface area contributed by atoms with Crippen LogP contribution in [0.3, 0.4) is 0 Å². The van der Waals surface area contributed by atoms with E-state index in [1.165, 1.54) is 0 Å². The number of ether oxygens (including phenoxy) is 1. The number of nitrogens with two attached hydrogens (primary N) is 1. The Morgan fingerprint density at radius 2 is 2.21 bits per heavy atom. The van der Waals surface area contributed by atoms with Gasteiger partial charge in [0.05, 0.1) is 18.0 Å². The van der Waals surface area contributed by atoms with Crippen molar-refractivity contribution in [2.45, 2.75) is 19.8 Å². The van der Waals surface area contributed by atoms with E-state index in [4.69, 9.17) is 22.7 Å². The maximum absolute atomic E-state index is 12.1. The summed E-state index contributed by atoms with van der Waals surface area (Å²) >= 11 is 8.29. The Labute approximate surface area is 126 Å². The lowest BCUT2D eigenvalue weighted by atomic mass is 10.0. The van der Waals surface area contributed by atoms with Crippen molar-refractivity contribution in [2.75, 3.05) is 12.4 Å². The van der Waals surface area contributed by atoms with Gasteiger partial charge in [0, 0.05) is 16.2 Å². The van der Waals surface area contributed by atoms with Gasteiger partial charge >= 0.3 is 0 Å². The number of benzene rings is 1. The van der Waals surface area contributed by atoms with Crippen LogP contribution < -0.4 is 15.8 Å². The number of rotatable bonds is 6. The first-order valence-corrected chi connectivity index (χ1v) is 7.12. The van der Waals surface area contributed by atoms with Crippen LogP contribution in [-0.4, -0.2) is 18.0 Å². The predicted octanol–water partition coefficient (Wildman–Crippen LogP) is 3.10. The molecule has 4 nitrogen and oxygen atoms in total. The molecular weight excluding hydrogens is 328 g/mol. The Balaban J connectivity index is 2.85. The second-order valence-electron chi connectivity index (χ2n) is 4.11. The average molecular weight is 345 g/mol. The molecule has 19 heavy (non-hydrogen) atoms. The number of halogens is 1. The number of carbonyl (C=O) groups excluding carboxylic acids is 1. The summed E-state index contributed by atoms with van der Waals surface area (Å²) in [5.74, 6) is 0.0338. The summed E-state index contributed by atoms with van der Waals surface area (Å²) in [6, 6.07) is 5.35. The Bertz CT molecular complexity index is 480. The summed E-state index contributed by atoms with van der Waals surface area (Å²) < 4.78 is 5.96. The van der Waals surface area contributed by atoms with E-state index in [1.807, 2.05) is 13.0 Å². The third-order valence-corrected chi connectivity index (χ3v) is 3.35. The predicted molar refractivity (Wildman–Crippen MR) is 84.5 cm³/mol. The van der Waals surface area contributed by atoms with E-state index in [2.05, 4.69) is 21.2 Å². The van der Waals surface area contributed by atoms with E-state index in [0.29, 0.717) is 17.9 Å². The van der Waals surface area contributed by atoms with Crippen molar-refractivity contribution >= 4 is 44.7 Å². The van der Waals surface area contributed by atoms with Gasteiger partial charge in [-0.1, -0.05) is 41.5 Å². The molecule has 0 saturated heterocycles. The highest BCUT2D eigenvalue weighted by atomic mass is 79.9. The Kier molecular flexibility index (Phi) is 6.24. The first-order valence-electron chi connectivity index (χ1n) is 5.92. The van der Waals surface area contributed by atoms with E-state index in [1.54, 1.807) is 19.2 Å². The number of hydrogen-bond donors (Lipinski definition) is 2. The number of methoxy groups -OCH3 is 1. The van der Waals surface area contributed by atoms with Gasteiger partial charge in [-0.05, 0) is 18.6 Å². The number of anilines is 1. The molecule has 0 saturated carbocycles. The molecule has 1 aromatic carbocycles. The lowest BCUT2D eigenvalue weighted by molar-refractivity contribution is -0.118. The van der Waals surface area contributed by atoms with Crippen LogP contribution >= 0.6 is 28.1 Å². The molecule has 104 valence electrons. The number of nitrogens with one attached hydrogen (secondary N) is 1. The smallest absolute Gasteiger partial charge is 0.234 e. The van der Waals surface area contributed by atoms with Crippen LogP contribution in [0, 0.1) is 5.92 Å². The molecule has 1 unspecified atom stereocenters. The molecule has 1 rings (SSSR count). The highest BCUT2D eigenvalue weighted by Crippen LogP contribution is 2.25. The number of hydrogen-bond acceptors (Lipinski definition) is 3. The average Bonchev–Trinajstić information content (AvgIpc) is 2.34. The van der Waals surface area contributed by atoms with Gasteiger partial charge < -0.3 is 15.8 Å². The molecule has 3 N–H and O–H groups in total. The summed E-state index contributed by atoms with van der Waals surface area (Å²) in [6.45, 7) is 1.99. The molecule has 1 aromatic rings. The molecule has 0 bridgehead atoms.